The van der Waals surface area contributed by atoms with Gasteiger partial charge in [-0.3, -0.25) is 0 Å². The molecule has 3 rings (SSSR count). The number of anilines is 1. The number of carbonyl (C=O) groups excluding carboxylic acids is 1. The van der Waals surface area contributed by atoms with E-state index in [4.69, 9.17) is 9.47 Å². The van der Waals surface area contributed by atoms with Crippen molar-refractivity contribution in [2.24, 2.45) is 0 Å². The van der Waals surface area contributed by atoms with Gasteiger partial charge in [-0.2, -0.15) is 0 Å². The minimum Gasteiger partial charge on any atom is -0.491 e. The van der Waals surface area contributed by atoms with Crippen molar-refractivity contribution in [3.63, 3.8) is 0 Å². The van der Waals surface area contributed by atoms with Crippen LogP contribution in [0, 0.1) is 0 Å². The highest BCUT2D eigenvalue weighted by Gasteiger charge is 2.19. The van der Waals surface area contributed by atoms with Crippen molar-refractivity contribution in [3.05, 3.63) is 71.3 Å². The number of rotatable bonds is 9. The van der Waals surface area contributed by atoms with Crippen molar-refractivity contribution in [1.29, 1.82) is 0 Å². The van der Waals surface area contributed by atoms with E-state index >= 15 is 0 Å². The molecule has 2 aromatic carbocycles. The van der Waals surface area contributed by atoms with E-state index in [9.17, 15) is 9.90 Å². The lowest BCUT2D eigenvalue weighted by molar-refractivity contribution is 0.0528. The lowest BCUT2D eigenvalue weighted by Gasteiger charge is -2.24. The van der Waals surface area contributed by atoms with Crippen LogP contribution in [0.1, 0.15) is 56.7 Å². The number of benzene rings is 2. The maximum absolute atomic E-state index is 11.7. The summed E-state index contributed by atoms with van der Waals surface area (Å²) in [6.07, 6.45) is 2.74. The number of nitrogens with one attached hydrogen (secondary N) is 2. The smallest absolute Gasteiger partial charge is 0.407 e. The van der Waals surface area contributed by atoms with Gasteiger partial charge in [-0.1, -0.05) is 43.3 Å². The van der Waals surface area contributed by atoms with E-state index in [1.54, 1.807) is 0 Å². The molecule has 0 bridgehead atoms. The van der Waals surface area contributed by atoms with Crippen LogP contribution >= 0.6 is 0 Å². The van der Waals surface area contributed by atoms with Crippen molar-refractivity contribution in [2.45, 2.75) is 58.2 Å². The number of carbonyl (C=O) groups is 1. The van der Waals surface area contributed by atoms with Crippen molar-refractivity contribution in [2.75, 3.05) is 25.0 Å². The van der Waals surface area contributed by atoms with Crippen LogP contribution in [0.25, 0.3) is 5.76 Å². The molecule has 2 atom stereocenters. The second kappa shape index (κ2) is 11.2. The summed E-state index contributed by atoms with van der Waals surface area (Å²) in [5.74, 6) is 1.34. The fourth-order valence-corrected chi connectivity index (χ4v) is 3.70. The predicted octanol–water partition coefficient (Wildman–Crippen LogP) is 5.09. The minimum absolute atomic E-state index is 0.232. The Balaban J connectivity index is 1.38. The number of hydrogen-bond donors (Lipinski definition) is 3. The van der Waals surface area contributed by atoms with Gasteiger partial charge in [0.05, 0.1) is 0 Å². The molecule has 2 aromatic rings. The maximum Gasteiger partial charge on any atom is 0.407 e. The monoisotopic (exact) mass is 452 g/mol. The molecule has 3 N–H and O–H groups in total. The second-order valence-corrected chi connectivity index (χ2v) is 9.51. The molecule has 1 aliphatic carbocycles. The first-order valence-corrected chi connectivity index (χ1v) is 11.6. The Hall–Kier alpha value is -2.99. The zero-order chi connectivity index (χ0) is 23.8. The van der Waals surface area contributed by atoms with Crippen LogP contribution in [0.2, 0.25) is 0 Å². The number of aliphatic hydroxyl groups is 1. The average molecular weight is 453 g/mol. The van der Waals surface area contributed by atoms with Crippen molar-refractivity contribution in [3.8, 4) is 0 Å². The highest BCUT2D eigenvalue weighted by Crippen LogP contribution is 2.34. The summed E-state index contributed by atoms with van der Waals surface area (Å²) in [6.45, 7) is 8.88. The van der Waals surface area contributed by atoms with E-state index in [1.165, 1.54) is 5.56 Å². The molecule has 0 fully saturated rings. The summed E-state index contributed by atoms with van der Waals surface area (Å²) in [7, 11) is 0. The van der Waals surface area contributed by atoms with E-state index in [0.717, 1.165) is 29.0 Å². The largest absolute Gasteiger partial charge is 0.491 e. The quantitative estimate of drug-likeness (QED) is 0.494. The molecule has 6 nitrogen and oxygen atoms in total. The van der Waals surface area contributed by atoms with E-state index in [2.05, 4.69) is 41.8 Å². The van der Waals surface area contributed by atoms with Gasteiger partial charge in [0.1, 0.15) is 24.1 Å². The number of ether oxygens (including phenoxy) is 2. The van der Waals surface area contributed by atoms with E-state index in [-0.39, 0.29) is 6.61 Å². The number of hydrogen-bond acceptors (Lipinski definition) is 5. The maximum atomic E-state index is 11.7. The van der Waals surface area contributed by atoms with Crippen molar-refractivity contribution < 1.29 is 19.4 Å². The van der Waals surface area contributed by atoms with E-state index in [1.807, 2.05) is 51.1 Å². The first kappa shape index (κ1) is 24.6. The first-order valence-electron chi connectivity index (χ1n) is 11.6. The van der Waals surface area contributed by atoms with E-state index in [0.29, 0.717) is 25.4 Å². The zero-order valence-electron chi connectivity index (χ0n) is 20.1. The van der Waals surface area contributed by atoms with E-state index < -0.39 is 17.8 Å². The molecular weight excluding hydrogens is 416 g/mol. The predicted molar refractivity (Wildman–Crippen MR) is 132 cm³/mol. The SMILES string of the molecule is CC1CC=C(OCC(O)CNc2ccc(CCNC(=O)OC(C)(C)C)cc2)c2ccccc21. The van der Waals surface area contributed by atoms with Crippen LogP contribution in [0.3, 0.4) is 0 Å². The third kappa shape index (κ3) is 7.82. The van der Waals surface area contributed by atoms with Crippen LogP contribution in [-0.2, 0) is 15.9 Å². The molecule has 0 aromatic heterocycles. The normalized spacial score (nSPS) is 16.3. The van der Waals surface area contributed by atoms with Gasteiger partial charge >= 0.3 is 6.09 Å². The lowest BCUT2D eigenvalue weighted by atomic mass is 9.87. The Morgan fingerprint density at radius 1 is 1.15 bits per heavy atom. The van der Waals surface area contributed by atoms with Gasteiger partial charge in [-0.15, -0.1) is 0 Å². The Bertz CT molecular complexity index is 947. The zero-order valence-corrected chi connectivity index (χ0v) is 20.1. The lowest BCUT2D eigenvalue weighted by Crippen LogP contribution is -2.33. The molecule has 1 aliphatic rings. The average Bonchev–Trinajstić information content (AvgIpc) is 2.77. The molecule has 6 heteroatoms. The summed E-state index contributed by atoms with van der Waals surface area (Å²) in [5, 5.41) is 16.4. The summed E-state index contributed by atoms with van der Waals surface area (Å²) in [4.78, 5) is 11.7. The molecule has 0 spiro atoms. The van der Waals surface area contributed by atoms with Gasteiger partial charge in [-0.25, -0.2) is 4.79 Å². The van der Waals surface area contributed by atoms with Crippen molar-refractivity contribution in [1.82, 2.24) is 5.32 Å². The topological polar surface area (TPSA) is 79.8 Å². The molecule has 0 radical (unpaired) electrons. The third-order valence-corrected chi connectivity index (χ3v) is 5.42. The number of aliphatic hydroxyl groups excluding tert-OH is 1. The fraction of sp³-hybridized carbons (Fsp3) is 0.444. The summed E-state index contributed by atoms with van der Waals surface area (Å²) >= 11 is 0. The van der Waals surface area contributed by atoms with Gasteiger partial charge < -0.3 is 25.2 Å². The first-order chi connectivity index (χ1) is 15.7. The Morgan fingerprint density at radius 3 is 2.61 bits per heavy atom. The third-order valence-electron chi connectivity index (χ3n) is 5.42. The Labute approximate surface area is 197 Å². The molecule has 0 heterocycles. The molecule has 33 heavy (non-hydrogen) atoms. The molecule has 1 amide bonds. The second-order valence-electron chi connectivity index (χ2n) is 9.51. The van der Waals surface area contributed by atoms with Gasteiger partial charge in [0.2, 0.25) is 0 Å². The highest BCUT2D eigenvalue weighted by atomic mass is 16.6. The number of alkyl carbamates (subject to hydrolysis) is 1. The molecule has 0 aliphatic heterocycles. The standard InChI is InChI=1S/C27H36N2O4/c1-19-9-14-25(24-8-6-5-7-23(19)24)32-18-22(30)17-29-21-12-10-20(11-13-21)15-16-28-26(31)33-27(2,3)4/h5-8,10-14,19,22,29-30H,9,15-18H2,1-4H3,(H,28,31). The van der Waals surface area contributed by atoms with Crippen LogP contribution in [0.5, 0.6) is 0 Å². The summed E-state index contributed by atoms with van der Waals surface area (Å²) in [5.41, 5.74) is 3.95. The van der Waals surface area contributed by atoms with Gasteiger partial charge in [0.25, 0.3) is 0 Å². The van der Waals surface area contributed by atoms with Gasteiger partial charge in [0.15, 0.2) is 0 Å². The summed E-state index contributed by atoms with van der Waals surface area (Å²) < 4.78 is 11.2. The van der Waals surface area contributed by atoms with Crippen LogP contribution in [-0.4, -0.2) is 42.6 Å². The van der Waals surface area contributed by atoms with Crippen LogP contribution in [0.15, 0.2) is 54.6 Å². The molecule has 178 valence electrons. The van der Waals surface area contributed by atoms with Crippen LogP contribution in [0.4, 0.5) is 10.5 Å². The fourth-order valence-electron chi connectivity index (χ4n) is 3.70. The number of allylic oxidation sites excluding steroid dienone is 1. The molecule has 0 saturated carbocycles. The summed E-state index contributed by atoms with van der Waals surface area (Å²) in [6, 6.07) is 16.2. The highest BCUT2D eigenvalue weighted by molar-refractivity contribution is 5.67. The number of amides is 1. The molecule has 2 unspecified atom stereocenters. The van der Waals surface area contributed by atoms with Crippen molar-refractivity contribution >= 4 is 17.5 Å². The minimum atomic E-state index is -0.630. The Morgan fingerprint density at radius 2 is 1.88 bits per heavy atom. The van der Waals surface area contributed by atoms with Gasteiger partial charge in [-0.05, 0) is 68.9 Å². The van der Waals surface area contributed by atoms with Gasteiger partial charge in [0, 0.05) is 24.3 Å². The number of fused-ring (bicyclic) bond motifs is 1. The van der Waals surface area contributed by atoms with Crippen LogP contribution < -0.4 is 10.6 Å². The molecule has 0 saturated heterocycles. The Kier molecular flexibility index (Phi) is 8.39. The molecular formula is C27H36N2O4.